The molecule has 2 N–H and O–H groups in total. The van der Waals surface area contributed by atoms with Crippen LogP contribution in [-0.2, 0) is 12.8 Å². The summed E-state index contributed by atoms with van der Waals surface area (Å²) in [4.78, 5) is 27.7. The lowest BCUT2D eigenvalue weighted by molar-refractivity contribution is 0.102. The molecule has 0 fully saturated rings. The van der Waals surface area contributed by atoms with Crippen molar-refractivity contribution in [1.82, 2.24) is 0 Å². The van der Waals surface area contributed by atoms with Crippen LogP contribution in [0.1, 0.15) is 69.5 Å². The Morgan fingerprint density at radius 1 is 0.970 bits per heavy atom. The molecular weight excluding hydrogens is 428 g/mol. The smallest absolute Gasteiger partial charge is 0.258 e. The normalized spacial score (nSPS) is 15.6. The van der Waals surface area contributed by atoms with E-state index in [4.69, 9.17) is 0 Å². The molecule has 172 valence electrons. The first kappa shape index (κ1) is 23.2. The Morgan fingerprint density at radius 2 is 1.70 bits per heavy atom. The number of hydrogen-bond donors (Lipinski definition) is 2. The zero-order chi connectivity index (χ0) is 23.8. The van der Waals surface area contributed by atoms with Crippen LogP contribution in [0.25, 0.3) is 0 Å². The summed E-state index contributed by atoms with van der Waals surface area (Å²) in [6, 6.07) is 15.1. The largest absolute Gasteiger partial charge is 0.322 e. The van der Waals surface area contributed by atoms with Gasteiger partial charge in [-0.05, 0) is 73.8 Å². The van der Waals surface area contributed by atoms with E-state index in [-0.39, 0.29) is 17.2 Å². The van der Waals surface area contributed by atoms with Crippen molar-refractivity contribution in [2.45, 2.75) is 53.9 Å². The van der Waals surface area contributed by atoms with Crippen LogP contribution in [-0.4, -0.2) is 11.8 Å². The third kappa shape index (κ3) is 5.03. The van der Waals surface area contributed by atoms with Gasteiger partial charge < -0.3 is 10.6 Å². The highest BCUT2D eigenvalue weighted by Gasteiger charge is 2.34. The fourth-order valence-corrected chi connectivity index (χ4v) is 5.88. The summed E-state index contributed by atoms with van der Waals surface area (Å²) in [7, 11) is 0. The third-order valence-electron chi connectivity index (χ3n) is 6.61. The van der Waals surface area contributed by atoms with Crippen molar-refractivity contribution in [3.8, 4) is 0 Å². The number of amides is 2. The highest BCUT2D eigenvalue weighted by atomic mass is 32.1. The number of benzene rings is 2. The van der Waals surface area contributed by atoms with Gasteiger partial charge in [-0.25, -0.2) is 0 Å². The topological polar surface area (TPSA) is 58.2 Å². The minimum atomic E-state index is -0.192. The molecule has 0 aliphatic heterocycles. The van der Waals surface area contributed by atoms with E-state index < -0.39 is 0 Å². The van der Waals surface area contributed by atoms with Gasteiger partial charge in [-0.1, -0.05) is 56.7 Å². The number of nitrogens with one attached hydrogen (secondary N) is 2. The van der Waals surface area contributed by atoms with Crippen LogP contribution in [0, 0.1) is 25.2 Å². The van der Waals surface area contributed by atoms with E-state index in [1.165, 1.54) is 4.88 Å². The average molecular weight is 461 g/mol. The van der Waals surface area contributed by atoms with Gasteiger partial charge >= 0.3 is 0 Å². The molecule has 0 saturated carbocycles. The van der Waals surface area contributed by atoms with Crippen LogP contribution < -0.4 is 10.6 Å². The predicted octanol–water partition coefficient (Wildman–Crippen LogP) is 7.02. The second-order valence-corrected chi connectivity index (χ2v) is 11.2. The van der Waals surface area contributed by atoms with Gasteiger partial charge in [0.25, 0.3) is 11.8 Å². The van der Waals surface area contributed by atoms with Gasteiger partial charge in [-0.3, -0.25) is 9.59 Å². The number of thiophene rings is 1. The lowest BCUT2D eigenvalue weighted by atomic mass is 9.72. The maximum absolute atomic E-state index is 13.5. The van der Waals surface area contributed by atoms with Crippen molar-refractivity contribution in [3.05, 3.63) is 81.2 Å². The van der Waals surface area contributed by atoms with Crippen molar-refractivity contribution in [1.29, 1.82) is 0 Å². The van der Waals surface area contributed by atoms with E-state index in [0.29, 0.717) is 22.0 Å². The molecule has 0 radical (unpaired) electrons. The summed E-state index contributed by atoms with van der Waals surface area (Å²) in [6.45, 7) is 10.9. The first-order chi connectivity index (χ1) is 15.6. The van der Waals surface area contributed by atoms with Crippen molar-refractivity contribution in [2.75, 3.05) is 10.6 Å². The fourth-order valence-electron chi connectivity index (χ4n) is 4.56. The lowest BCUT2D eigenvalue weighted by Crippen LogP contribution is -2.27. The summed E-state index contributed by atoms with van der Waals surface area (Å²) in [5.74, 6) is 0.204. The van der Waals surface area contributed by atoms with Crippen molar-refractivity contribution >= 4 is 33.8 Å². The molecule has 3 aromatic rings. The van der Waals surface area contributed by atoms with Crippen LogP contribution in [0.3, 0.4) is 0 Å². The maximum Gasteiger partial charge on any atom is 0.258 e. The number of rotatable bonds is 4. The van der Waals surface area contributed by atoms with Crippen LogP contribution in [0.4, 0.5) is 10.7 Å². The molecule has 5 heteroatoms. The van der Waals surface area contributed by atoms with Crippen molar-refractivity contribution in [2.24, 2.45) is 11.3 Å². The molecule has 4 rings (SSSR count). The Morgan fingerprint density at radius 3 is 2.36 bits per heavy atom. The molecule has 1 aliphatic rings. The molecule has 33 heavy (non-hydrogen) atoms. The molecule has 2 aromatic carbocycles. The minimum absolute atomic E-state index is 0.156. The Balaban J connectivity index is 1.70. The van der Waals surface area contributed by atoms with E-state index in [1.807, 2.05) is 44.2 Å². The van der Waals surface area contributed by atoms with Gasteiger partial charge in [0.1, 0.15) is 5.00 Å². The van der Waals surface area contributed by atoms with Gasteiger partial charge in [-0.15, -0.1) is 11.3 Å². The van der Waals surface area contributed by atoms with Gasteiger partial charge in [0.05, 0.1) is 5.56 Å². The number of anilines is 2. The molecule has 1 aromatic heterocycles. The monoisotopic (exact) mass is 460 g/mol. The molecule has 0 saturated heterocycles. The molecule has 0 spiro atoms. The molecular formula is C28H32N2O2S. The molecule has 4 nitrogen and oxygen atoms in total. The number of fused-ring (bicyclic) bond motifs is 1. The second kappa shape index (κ2) is 9.14. The number of aryl methyl sites for hydroxylation is 2. The van der Waals surface area contributed by atoms with Crippen molar-refractivity contribution < 1.29 is 9.59 Å². The van der Waals surface area contributed by atoms with Crippen LogP contribution in [0.5, 0.6) is 0 Å². The Labute approximate surface area is 200 Å². The first-order valence-electron chi connectivity index (χ1n) is 11.5. The number of hydrogen-bond acceptors (Lipinski definition) is 3. The van der Waals surface area contributed by atoms with Gasteiger partial charge in [0, 0.05) is 16.1 Å². The fraction of sp³-hybridized carbons (Fsp3) is 0.357. The van der Waals surface area contributed by atoms with Crippen LogP contribution >= 0.6 is 11.3 Å². The van der Waals surface area contributed by atoms with Gasteiger partial charge in [0.15, 0.2) is 0 Å². The molecule has 0 bridgehead atoms. The second-order valence-electron chi connectivity index (χ2n) is 10.1. The summed E-state index contributed by atoms with van der Waals surface area (Å²) in [5.41, 5.74) is 5.47. The van der Waals surface area contributed by atoms with Crippen LogP contribution in [0.15, 0.2) is 48.5 Å². The van der Waals surface area contributed by atoms with Crippen molar-refractivity contribution in [3.63, 3.8) is 0 Å². The molecule has 2 amide bonds. The molecule has 1 aliphatic carbocycles. The minimum Gasteiger partial charge on any atom is -0.322 e. The lowest BCUT2D eigenvalue weighted by Gasteiger charge is -2.33. The highest BCUT2D eigenvalue weighted by Crippen LogP contribution is 2.44. The number of carbonyl (C=O) groups is 2. The van der Waals surface area contributed by atoms with E-state index in [0.717, 1.165) is 41.6 Å². The van der Waals surface area contributed by atoms with E-state index in [9.17, 15) is 9.59 Å². The van der Waals surface area contributed by atoms with E-state index in [1.54, 1.807) is 23.5 Å². The van der Waals surface area contributed by atoms with E-state index >= 15 is 0 Å². The average Bonchev–Trinajstić information content (AvgIpc) is 3.12. The predicted molar refractivity (Wildman–Crippen MR) is 138 cm³/mol. The Kier molecular flexibility index (Phi) is 6.44. The van der Waals surface area contributed by atoms with E-state index in [2.05, 4.69) is 37.5 Å². The zero-order valence-corrected chi connectivity index (χ0v) is 20.9. The SMILES string of the molecule is Cc1ccc(NC(=O)c2c(NC(=O)c3ccccc3)sc3c2CCC(C(C)(C)C)C3)c(C)c1. The molecule has 1 unspecified atom stereocenters. The van der Waals surface area contributed by atoms with Gasteiger partial charge in [-0.2, -0.15) is 0 Å². The van der Waals surface area contributed by atoms with Gasteiger partial charge in [0.2, 0.25) is 0 Å². The summed E-state index contributed by atoms with van der Waals surface area (Å²) in [6.07, 6.45) is 2.84. The first-order valence-corrected chi connectivity index (χ1v) is 12.3. The zero-order valence-electron chi connectivity index (χ0n) is 20.0. The summed E-state index contributed by atoms with van der Waals surface area (Å²) < 4.78 is 0. The highest BCUT2D eigenvalue weighted by molar-refractivity contribution is 7.17. The number of carbonyl (C=O) groups excluding carboxylic acids is 2. The quantitative estimate of drug-likeness (QED) is 0.439. The Bertz CT molecular complexity index is 1190. The maximum atomic E-state index is 13.5. The summed E-state index contributed by atoms with van der Waals surface area (Å²) in [5, 5.41) is 6.79. The van der Waals surface area contributed by atoms with Crippen LogP contribution in [0.2, 0.25) is 0 Å². The third-order valence-corrected chi connectivity index (χ3v) is 7.78. The molecule has 1 heterocycles. The Hall–Kier alpha value is -2.92. The standard InChI is InChI=1S/C28H32N2O2S/c1-17-11-14-22(18(2)15-17)29-26(32)24-21-13-12-20(28(3,4)5)16-23(21)33-27(24)30-25(31)19-9-7-6-8-10-19/h6-11,14-15,20H,12-13,16H2,1-5H3,(H,29,32)(H,30,31). The summed E-state index contributed by atoms with van der Waals surface area (Å²) >= 11 is 1.56. The molecule has 1 atom stereocenters.